The SMILES string of the molecule is CCOC(=O)c1ccccc1-c1nccc(-c2cc3c([nH]2)CCNC3=O)n1. The van der Waals surface area contributed by atoms with Crippen molar-refractivity contribution < 1.29 is 14.3 Å². The Morgan fingerprint density at radius 2 is 2.07 bits per heavy atom. The molecule has 3 aromatic rings. The Kier molecular flexibility index (Phi) is 4.42. The second kappa shape index (κ2) is 7.03. The third-order valence-electron chi connectivity index (χ3n) is 4.40. The fourth-order valence-corrected chi connectivity index (χ4v) is 3.13. The lowest BCUT2D eigenvalue weighted by molar-refractivity contribution is 0.0527. The Morgan fingerprint density at radius 1 is 1.22 bits per heavy atom. The number of rotatable bonds is 4. The summed E-state index contributed by atoms with van der Waals surface area (Å²) in [6, 6.07) is 10.7. The van der Waals surface area contributed by atoms with E-state index >= 15 is 0 Å². The van der Waals surface area contributed by atoms with Crippen LogP contribution in [-0.2, 0) is 11.2 Å². The van der Waals surface area contributed by atoms with Crippen molar-refractivity contribution in [3.63, 3.8) is 0 Å². The summed E-state index contributed by atoms with van der Waals surface area (Å²) >= 11 is 0. The number of esters is 1. The first kappa shape index (κ1) is 17.0. The van der Waals surface area contributed by atoms with Crippen LogP contribution in [-0.4, -0.2) is 40.0 Å². The van der Waals surface area contributed by atoms with E-state index in [4.69, 9.17) is 4.74 Å². The minimum absolute atomic E-state index is 0.0827. The maximum atomic E-state index is 12.2. The van der Waals surface area contributed by atoms with Gasteiger partial charge in [0.05, 0.1) is 29.1 Å². The van der Waals surface area contributed by atoms with E-state index < -0.39 is 5.97 Å². The third-order valence-corrected chi connectivity index (χ3v) is 4.40. The van der Waals surface area contributed by atoms with Gasteiger partial charge in [-0.3, -0.25) is 4.79 Å². The molecule has 0 atom stereocenters. The Hall–Kier alpha value is -3.48. The summed E-state index contributed by atoms with van der Waals surface area (Å²) in [5, 5.41) is 2.83. The summed E-state index contributed by atoms with van der Waals surface area (Å²) in [6.07, 6.45) is 2.39. The van der Waals surface area contributed by atoms with E-state index in [-0.39, 0.29) is 5.91 Å². The van der Waals surface area contributed by atoms with Crippen LogP contribution in [0.15, 0.2) is 42.6 Å². The zero-order valence-corrected chi connectivity index (χ0v) is 14.8. The molecule has 2 aromatic heterocycles. The quantitative estimate of drug-likeness (QED) is 0.696. The summed E-state index contributed by atoms with van der Waals surface area (Å²) in [7, 11) is 0. The zero-order valence-electron chi connectivity index (χ0n) is 14.8. The van der Waals surface area contributed by atoms with Crippen LogP contribution < -0.4 is 5.32 Å². The van der Waals surface area contributed by atoms with Crippen LogP contribution in [0.25, 0.3) is 22.8 Å². The Balaban J connectivity index is 1.75. The molecule has 0 bridgehead atoms. The number of fused-ring (bicyclic) bond motifs is 1. The summed E-state index contributed by atoms with van der Waals surface area (Å²) in [5.74, 6) is -0.0667. The molecular weight excluding hydrogens is 344 g/mol. The summed E-state index contributed by atoms with van der Waals surface area (Å²) in [6.45, 7) is 2.68. The molecule has 27 heavy (non-hydrogen) atoms. The number of hydrogen-bond acceptors (Lipinski definition) is 5. The van der Waals surface area contributed by atoms with Crippen LogP contribution >= 0.6 is 0 Å². The van der Waals surface area contributed by atoms with Crippen molar-refractivity contribution in [2.24, 2.45) is 0 Å². The minimum Gasteiger partial charge on any atom is -0.462 e. The van der Waals surface area contributed by atoms with Gasteiger partial charge >= 0.3 is 5.97 Å². The van der Waals surface area contributed by atoms with Crippen molar-refractivity contribution >= 4 is 11.9 Å². The van der Waals surface area contributed by atoms with Crippen molar-refractivity contribution in [1.82, 2.24) is 20.3 Å². The van der Waals surface area contributed by atoms with Gasteiger partial charge in [0, 0.05) is 30.4 Å². The Bertz CT molecular complexity index is 1030. The second-order valence-corrected chi connectivity index (χ2v) is 6.11. The van der Waals surface area contributed by atoms with E-state index in [2.05, 4.69) is 20.3 Å². The minimum atomic E-state index is -0.408. The molecule has 0 saturated carbocycles. The van der Waals surface area contributed by atoms with Crippen molar-refractivity contribution in [2.45, 2.75) is 13.3 Å². The molecule has 1 aromatic carbocycles. The highest BCUT2D eigenvalue weighted by molar-refractivity contribution is 5.98. The Morgan fingerprint density at radius 3 is 2.89 bits per heavy atom. The predicted molar refractivity (Wildman–Crippen MR) is 99.2 cm³/mol. The van der Waals surface area contributed by atoms with Gasteiger partial charge in [0.1, 0.15) is 0 Å². The number of aromatic amines is 1. The average Bonchev–Trinajstić information content (AvgIpc) is 3.14. The van der Waals surface area contributed by atoms with Gasteiger partial charge in [-0.15, -0.1) is 0 Å². The van der Waals surface area contributed by atoms with Crippen LogP contribution in [0.5, 0.6) is 0 Å². The largest absolute Gasteiger partial charge is 0.462 e. The lowest BCUT2D eigenvalue weighted by Crippen LogP contribution is -2.31. The molecule has 0 spiro atoms. The fraction of sp³-hybridized carbons (Fsp3) is 0.200. The fourth-order valence-electron chi connectivity index (χ4n) is 3.13. The van der Waals surface area contributed by atoms with E-state index in [0.717, 1.165) is 17.8 Å². The van der Waals surface area contributed by atoms with E-state index in [1.54, 1.807) is 43.5 Å². The number of H-pyrrole nitrogens is 1. The number of carbonyl (C=O) groups excluding carboxylic acids is 2. The molecule has 0 aliphatic carbocycles. The van der Waals surface area contributed by atoms with Gasteiger partial charge in [-0.05, 0) is 25.1 Å². The van der Waals surface area contributed by atoms with Crippen LogP contribution in [0.1, 0.15) is 33.3 Å². The predicted octanol–water partition coefficient (Wildman–Crippen LogP) is 2.60. The normalized spacial score (nSPS) is 13.0. The number of ether oxygens (including phenoxy) is 1. The van der Waals surface area contributed by atoms with Crippen molar-refractivity contribution in [3.8, 4) is 22.8 Å². The molecular formula is C20H18N4O3. The summed E-state index contributed by atoms with van der Waals surface area (Å²) < 4.78 is 5.13. The molecule has 1 amide bonds. The van der Waals surface area contributed by atoms with Crippen molar-refractivity contribution in [1.29, 1.82) is 0 Å². The van der Waals surface area contributed by atoms with Gasteiger partial charge in [-0.25, -0.2) is 14.8 Å². The summed E-state index contributed by atoms with van der Waals surface area (Å²) in [4.78, 5) is 36.4. The highest BCUT2D eigenvalue weighted by atomic mass is 16.5. The Labute approximate surface area is 155 Å². The van der Waals surface area contributed by atoms with E-state index in [0.29, 0.717) is 41.4 Å². The molecule has 3 heterocycles. The molecule has 1 aliphatic rings. The molecule has 136 valence electrons. The molecule has 0 radical (unpaired) electrons. The van der Waals surface area contributed by atoms with Crippen LogP contribution in [0.3, 0.4) is 0 Å². The van der Waals surface area contributed by atoms with Crippen molar-refractivity contribution in [2.75, 3.05) is 13.2 Å². The first-order valence-corrected chi connectivity index (χ1v) is 8.77. The molecule has 7 nitrogen and oxygen atoms in total. The third kappa shape index (κ3) is 3.19. The van der Waals surface area contributed by atoms with Crippen LogP contribution in [0.2, 0.25) is 0 Å². The van der Waals surface area contributed by atoms with Gasteiger partial charge in [0.2, 0.25) is 0 Å². The zero-order chi connectivity index (χ0) is 18.8. The first-order valence-electron chi connectivity index (χ1n) is 8.77. The van der Waals surface area contributed by atoms with E-state index in [9.17, 15) is 9.59 Å². The lowest BCUT2D eigenvalue weighted by Gasteiger charge is -2.11. The second-order valence-electron chi connectivity index (χ2n) is 6.11. The van der Waals surface area contributed by atoms with Gasteiger partial charge in [0.25, 0.3) is 5.91 Å². The lowest BCUT2D eigenvalue weighted by atomic mass is 10.1. The van der Waals surface area contributed by atoms with Gasteiger partial charge in [-0.1, -0.05) is 18.2 Å². The maximum Gasteiger partial charge on any atom is 0.338 e. The van der Waals surface area contributed by atoms with Crippen LogP contribution in [0, 0.1) is 0 Å². The highest BCUT2D eigenvalue weighted by Gasteiger charge is 2.21. The maximum absolute atomic E-state index is 12.2. The van der Waals surface area contributed by atoms with Crippen molar-refractivity contribution in [3.05, 3.63) is 59.4 Å². The number of benzene rings is 1. The molecule has 4 rings (SSSR count). The smallest absolute Gasteiger partial charge is 0.338 e. The number of hydrogen-bond donors (Lipinski definition) is 2. The monoisotopic (exact) mass is 362 g/mol. The van der Waals surface area contributed by atoms with E-state index in [1.807, 2.05) is 6.07 Å². The van der Waals surface area contributed by atoms with Crippen LogP contribution in [0.4, 0.5) is 0 Å². The topological polar surface area (TPSA) is 97.0 Å². The molecule has 0 fully saturated rings. The van der Waals surface area contributed by atoms with Gasteiger partial charge < -0.3 is 15.0 Å². The molecule has 1 aliphatic heterocycles. The van der Waals surface area contributed by atoms with Gasteiger partial charge in [0.15, 0.2) is 5.82 Å². The molecule has 7 heteroatoms. The highest BCUT2D eigenvalue weighted by Crippen LogP contribution is 2.26. The first-order chi connectivity index (χ1) is 13.2. The molecule has 0 unspecified atom stereocenters. The van der Waals surface area contributed by atoms with Gasteiger partial charge in [-0.2, -0.15) is 0 Å². The average molecular weight is 362 g/mol. The summed E-state index contributed by atoms with van der Waals surface area (Å²) in [5.41, 5.74) is 3.97. The number of amides is 1. The number of nitrogens with zero attached hydrogens (tertiary/aromatic N) is 2. The standard InChI is InChI=1S/C20H18N4O3/c1-2-27-20(26)13-6-4-3-5-12(13)18-21-9-8-16(24-18)17-11-14-15(23-17)7-10-22-19(14)25/h3-6,8-9,11,23H,2,7,10H2,1H3,(H,22,25). The number of carbonyl (C=O) groups is 2. The number of nitrogens with one attached hydrogen (secondary N) is 2. The number of aromatic nitrogens is 3. The molecule has 2 N–H and O–H groups in total. The molecule has 0 saturated heterocycles. The van der Waals surface area contributed by atoms with E-state index in [1.165, 1.54) is 0 Å².